The van der Waals surface area contributed by atoms with Crippen LogP contribution in [0, 0.1) is 0 Å². The second kappa shape index (κ2) is 6.40. The second-order valence-corrected chi connectivity index (χ2v) is 3.79. The number of benzene rings is 2. The summed E-state index contributed by atoms with van der Waals surface area (Å²) in [6.45, 7) is 0. The number of aliphatic hydroxyl groups is 1. The molecular weight excluding hydrogens is 234 g/mol. The van der Waals surface area contributed by atoms with Gasteiger partial charge < -0.3 is 10.8 Å². The zero-order chi connectivity index (χ0) is 11.4. The predicted molar refractivity (Wildman–Crippen MR) is 72.0 cm³/mol. The highest BCUT2D eigenvalue weighted by Crippen LogP contribution is 2.25. The molecule has 2 rings (SSSR count). The molecule has 0 aliphatic heterocycles. The Morgan fingerprint density at radius 1 is 0.765 bits per heavy atom. The van der Waals surface area contributed by atoms with Crippen molar-refractivity contribution >= 4 is 12.4 Å². The van der Waals surface area contributed by atoms with E-state index < -0.39 is 6.10 Å². The van der Waals surface area contributed by atoms with Gasteiger partial charge in [0.05, 0.1) is 12.1 Å². The summed E-state index contributed by atoms with van der Waals surface area (Å²) in [7, 11) is 0. The lowest BCUT2D eigenvalue weighted by atomic mass is 9.97. The number of rotatable bonds is 3. The molecule has 0 heterocycles. The molecule has 0 saturated heterocycles. The van der Waals surface area contributed by atoms with Gasteiger partial charge in [0.15, 0.2) is 0 Å². The van der Waals surface area contributed by atoms with Crippen LogP contribution in [-0.4, -0.2) is 5.11 Å². The molecule has 1 unspecified atom stereocenters. The minimum atomic E-state index is -0.663. The third kappa shape index (κ3) is 3.30. The highest BCUT2D eigenvalue weighted by molar-refractivity contribution is 5.85. The van der Waals surface area contributed by atoms with Crippen molar-refractivity contribution in [3.63, 3.8) is 0 Å². The third-order valence-corrected chi connectivity index (χ3v) is 2.67. The van der Waals surface area contributed by atoms with Crippen molar-refractivity contribution in [3.05, 3.63) is 71.8 Å². The second-order valence-electron chi connectivity index (χ2n) is 3.79. The molecule has 3 heteroatoms. The summed E-state index contributed by atoms with van der Waals surface area (Å²) in [5.41, 5.74) is 7.81. The Morgan fingerprint density at radius 2 is 1.18 bits per heavy atom. The van der Waals surface area contributed by atoms with Crippen LogP contribution in [0.1, 0.15) is 23.3 Å². The van der Waals surface area contributed by atoms with Gasteiger partial charge in [-0.25, -0.2) is 0 Å². The van der Waals surface area contributed by atoms with Crippen LogP contribution in [0.3, 0.4) is 0 Å². The molecule has 17 heavy (non-hydrogen) atoms. The largest absolute Gasteiger partial charge is 0.386 e. The van der Waals surface area contributed by atoms with Crippen LogP contribution in [0.4, 0.5) is 0 Å². The summed E-state index contributed by atoms with van der Waals surface area (Å²) in [5.74, 6) is 0. The Labute approximate surface area is 108 Å². The van der Waals surface area contributed by atoms with Crippen molar-refractivity contribution < 1.29 is 5.11 Å². The van der Waals surface area contributed by atoms with Crippen molar-refractivity contribution in [1.29, 1.82) is 0 Å². The van der Waals surface area contributed by atoms with Gasteiger partial charge in [0, 0.05) is 0 Å². The molecule has 2 aromatic rings. The van der Waals surface area contributed by atoms with Gasteiger partial charge in [-0.2, -0.15) is 0 Å². The summed E-state index contributed by atoms with van der Waals surface area (Å²) in [5, 5.41) is 10.1. The monoisotopic (exact) mass is 249 g/mol. The molecule has 0 amide bonds. The van der Waals surface area contributed by atoms with E-state index in [4.69, 9.17) is 5.73 Å². The first-order valence-corrected chi connectivity index (χ1v) is 5.32. The highest BCUT2D eigenvalue weighted by atomic mass is 35.5. The van der Waals surface area contributed by atoms with E-state index in [1.54, 1.807) is 0 Å². The fraction of sp³-hybridized carbons (Fsp3) is 0.143. The fourth-order valence-electron chi connectivity index (χ4n) is 1.72. The van der Waals surface area contributed by atoms with E-state index in [9.17, 15) is 5.11 Å². The van der Waals surface area contributed by atoms with Crippen LogP contribution in [0.5, 0.6) is 0 Å². The van der Waals surface area contributed by atoms with Gasteiger partial charge >= 0.3 is 0 Å². The predicted octanol–water partition coefficient (Wildman–Crippen LogP) is 2.84. The van der Waals surface area contributed by atoms with Crippen LogP contribution in [0.15, 0.2) is 60.7 Å². The molecule has 2 nitrogen and oxygen atoms in total. The lowest BCUT2D eigenvalue weighted by molar-refractivity contribution is 0.147. The summed E-state index contributed by atoms with van der Waals surface area (Å²) < 4.78 is 0. The fourth-order valence-corrected chi connectivity index (χ4v) is 1.72. The molecule has 0 saturated carbocycles. The topological polar surface area (TPSA) is 46.2 Å². The number of hydrogen-bond acceptors (Lipinski definition) is 2. The minimum Gasteiger partial charge on any atom is -0.386 e. The maximum absolute atomic E-state index is 10.1. The molecule has 2 atom stereocenters. The van der Waals surface area contributed by atoms with Gasteiger partial charge in [0.2, 0.25) is 0 Å². The average molecular weight is 250 g/mol. The summed E-state index contributed by atoms with van der Waals surface area (Å²) in [6.07, 6.45) is -0.663. The summed E-state index contributed by atoms with van der Waals surface area (Å²) in [6, 6.07) is 18.7. The zero-order valence-electron chi connectivity index (χ0n) is 9.36. The molecule has 0 fully saturated rings. The van der Waals surface area contributed by atoms with Gasteiger partial charge in [0.25, 0.3) is 0 Å². The maximum atomic E-state index is 10.1. The lowest BCUT2D eigenvalue weighted by Crippen LogP contribution is -2.19. The molecular formula is C14H16ClNO. The first-order valence-electron chi connectivity index (χ1n) is 5.32. The number of nitrogens with two attached hydrogens (primary N) is 1. The minimum absolute atomic E-state index is 0. The maximum Gasteiger partial charge on any atom is 0.0982 e. The molecule has 90 valence electrons. The molecule has 3 N–H and O–H groups in total. The van der Waals surface area contributed by atoms with Gasteiger partial charge in [-0.05, 0) is 11.1 Å². The lowest BCUT2D eigenvalue weighted by Gasteiger charge is -2.19. The summed E-state index contributed by atoms with van der Waals surface area (Å²) >= 11 is 0. The SMILES string of the molecule is Cl.N[C@H](c1ccccc1)C(O)c1ccccc1. The standard InChI is InChI=1S/C14H15NO.ClH/c15-13(11-7-3-1-4-8-11)14(16)12-9-5-2-6-10-12;/h1-10,13-14,16H,15H2;1H/t13-,14?;/m1./s1. The van der Waals surface area contributed by atoms with E-state index in [2.05, 4.69) is 0 Å². The van der Waals surface area contributed by atoms with E-state index in [1.807, 2.05) is 60.7 Å². The number of halogens is 1. The van der Waals surface area contributed by atoms with Gasteiger partial charge in [0.1, 0.15) is 0 Å². The van der Waals surface area contributed by atoms with Gasteiger partial charge in [-0.3, -0.25) is 0 Å². The van der Waals surface area contributed by atoms with Crippen molar-refractivity contribution in [1.82, 2.24) is 0 Å². The normalized spacial score (nSPS) is 13.5. The quantitative estimate of drug-likeness (QED) is 0.879. The molecule has 0 spiro atoms. The zero-order valence-corrected chi connectivity index (χ0v) is 10.2. The average Bonchev–Trinajstić information content (AvgIpc) is 2.39. The Balaban J connectivity index is 0.00000144. The Morgan fingerprint density at radius 3 is 1.65 bits per heavy atom. The molecule has 0 bridgehead atoms. The number of aliphatic hydroxyl groups excluding tert-OH is 1. The molecule has 0 radical (unpaired) electrons. The van der Waals surface area contributed by atoms with Crippen molar-refractivity contribution in [2.45, 2.75) is 12.1 Å². The van der Waals surface area contributed by atoms with E-state index >= 15 is 0 Å². The van der Waals surface area contributed by atoms with E-state index in [0.29, 0.717) is 0 Å². The molecule has 2 aromatic carbocycles. The highest BCUT2D eigenvalue weighted by Gasteiger charge is 2.17. The molecule has 0 aliphatic rings. The van der Waals surface area contributed by atoms with E-state index in [1.165, 1.54) is 0 Å². The Hall–Kier alpha value is -1.35. The Bertz CT molecular complexity index is 389. The van der Waals surface area contributed by atoms with E-state index in [0.717, 1.165) is 11.1 Å². The van der Waals surface area contributed by atoms with Crippen molar-refractivity contribution in [2.75, 3.05) is 0 Å². The molecule has 0 aliphatic carbocycles. The first kappa shape index (κ1) is 13.7. The van der Waals surface area contributed by atoms with E-state index in [-0.39, 0.29) is 18.4 Å². The van der Waals surface area contributed by atoms with Gasteiger partial charge in [-0.1, -0.05) is 60.7 Å². The van der Waals surface area contributed by atoms with Crippen molar-refractivity contribution in [2.24, 2.45) is 5.73 Å². The summed E-state index contributed by atoms with van der Waals surface area (Å²) in [4.78, 5) is 0. The first-order chi connectivity index (χ1) is 7.79. The van der Waals surface area contributed by atoms with Crippen LogP contribution >= 0.6 is 12.4 Å². The smallest absolute Gasteiger partial charge is 0.0982 e. The molecule has 0 aromatic heterocycles. The van der Waals surface area contributed by atoms with Crippen LogP contribution < -0.4 is 5.73 Å². The van der Waals surface area contributed by atoms with Crippen LogP contribution in [0.25, 0.3) is 0 Å². The van der Waals surface area contributed by atoms with Crippen LogP contribution in [0.2, 0.25) is 0 Å². The van der Waals surface area contributed by atoms with Gasteiger partial charge in [-0.15, -0.1) is 12.4 Å². The third-order valence-electron chi connectivity index (χ3n) is 2.67. The van der Waals surface area contributed by atoms with Crippen molar-refractivity contribution in [3.8, 4) is 0 Å². The number of hydrogen-bond donors (Lipinski definition) is 2. The van der Waals surface area contributed by atoms with Crippen LogP contribution in [-0.2, 0) is 0 Å². The Kier molecular flexibility index (Phi) is 5.16.